The molecule has 0 amide bonds. The monoisotopic (exact) mass is 773 g/mol. The first kappa shape index (κ1) is 37.3. The van der Waals surface area contributed by atoms with Crippen LogP contribution in [0.3, 0.4) is 0 Å². The Hall–Kier alpha value is -6.30. The fourth-order valence-corrected chi connectivity index (χ4v) is 8.98. The Kier molecular flexibility index (Phi) is 9.17. The molecular weight excluding hydrogens is 727 g/mol. The van der Waals surface area contributed by atoms with E-state index in [0.717, 1.165) is 56.1 Å². The average Bonchev–Trinajstić information content (AvgIpc) is 3.75. The number of phenolic OH excluding ortho intramolecular Hbond substituents is 1. The topological polar surface area (TPSA) is 50.9 Å². The van der Waals surface area contributed by atoms with Crippen molar-refractivity contribution in [3.63, 3.8) is 0 Å². The Morgan fingerprint density at radius 2 is 1.16 bits per heavy atom. The molecule has 4 heterocycles. The summed E-state index contributed by atoms with van der Waals surface area (Å²) in [6, 6.07) is 51.2. The van der Waals surface area contributed by atoms with E-state index in [0.29, 0.717) is 5.56 Å². The summed E-state index contributed by atoms with van der Waals surface area (Å²) in [4.78, 5) is 11.4. The Labute approximate surface area is 345 Å². The molecule has 0 aliphatic heterocycles. The first-order valence-corrected chi connectivity index (χ1v) is 20.8. The van der Waals surface area contributed by atoms with Gasteiger partial charge in [-0.3, -0.25) is 4.98 Å². The van der Waals surface area contributed by atoms with E-state index in [1.165, 1.54) is 37.1 Å². The van der Waals surface area contributed by atoms with Gasteiger partial charge in [0.25, 0.3) is 0 Å². The molecule has 1 N–H and O–H groups in total. The summed E-state index contributed by atoms with van der Waals surface area (Å²) in [6.07, 6.45) is 1.92. The Morgan fingerprint density at radius 3 is 1.88 bits per heavy atom. The van der Waals surface area contributed by atoms with Gasteiger partial charge in [0.05, 0.1) is 32.8 Å². The second-order valence-corrected chi connectivity index (χ2v) is 18.7. The standard InChI is InChI=1S/C53H47N3OS/c1-33-25-48-51(58-33)44-21-14-20-42(50(44)56(48)41-17-9-8-10-18-41)34-23-24-54-45(29-34)35-15-13-16-36(26-35)46-30-38(31-47(55-46)43-19-11-12-22-49(43)57)37-27-39(52(2,3)4)32-40(28-37)53(5,6)7/h8-32,57H,1-7H3. The molecule has 4 nitrogen and oxygen atoms in total. The number of hydrogen-bond donors (Lipinski definition) is 1. The number of thiophene rings is 1. The average molecular weight is 774 g/mol. The van der Waals surface area contributed by atoms with Crippen molar-refractivity contribution in [3.8, 4) is 67.5 Å². The number of pyridine rings is 2. The highest BCUT2D eigenvalue weighted by Gasteiger charge is 2.23. The van der Waals surface area contributed by atoms with Gasteiger partial charge in [-0.2, -0.15) is 0 Å². The molecule has 0 saturated carbocycles. The van der Waals surface area contributed by atoms with Crippen molar-refractivity contribution >= 4 is 32.5 Å². The van der Waals surface area contributed by atoms with E-state index in [2.05, 4.69) is 174 Å². The van der Waals surface area contributed by atoms with Crippen molar-refractivity contribution in [2.24, 2.45) is 0 Å². The number of aromatic hydroxyl groups is 1. The van der Waals surface area contributed by atoms with Crippen LogP contribution in [0.2, 0.25) is 0 Å². The summed E-state index contributed by atoms with van der Waals surface area (Å²) in [5.74, 6) is 0.204. The minimum atomic E-state index is -0.0342. The van der Waals surface area contributed by atoms with Crippen molar-refractivity contribution in [1.82, 2.24) is 14.5 Å². The molecule has 0 spiro atoms. The maximum absolute atomic E-state index is 11.0. The van der Waals surface area contributed by atoms with Gasteiger partial charge in [-0.05, 0) is 106 Å². The molecule has 9 rings (SSSR count). The minimum Gasteiger partial charge on any atom is -0.507 e. The first-order valence-electron chi connectivity index (χ1n) is 19.9. The van der Waals surface area contributed by atoms with Crippen molar-refractivity contribution in [3.05, 3.63) is 168 Å². The molecule has 286 valence electrons. The van der Waals surface area contributed by atoms with Crippen molar-refractivity contribution in [1.29, 1.82) is 0 Å². The summed E-state index contributed by atoms with van der Waals surface area (Å²) in [6.45, 7) is 15.8. The second kappa shape index (κ2) is 14.3. The molecule has 5 aromatic carbocycles. The van der Waals surface area contributed by atoms with Gasteiger partial charge in [0.1, 0.15) is 5.75 Å². The highest BCUT2D eigenvalue weighted by Crippen LogP contribution is 2.43. The van der Waals surface area contributed by atoms with E-state index >= 15 is 0 Å². The van der Waals surface area contributed by atoms with Gasteiger partial charge < -0.3 is 9.67 Å². The van der Waals surface area contributed by atoms with Gasteiger partial charge in [0.15, 0.2) is 0 Å². The molecule has 0 bridgehead atoms. The van der Waals surface area contributed by atoms with Crippen LogP contribution in [0.15, 0.2) is 152 Å². The molecule has 58 heavy (non-hydrogen) atoms. The maximum Gasteiger partial charge on any atom is 0.124 e. The number of aromatic nitrogens is 3. The molecule has 0 saturated heterocycles. The molecule has 0 atom stereocenters. The molecule has 0 unspecified atom stereocenters. The quantitative estimate of drug-likeness (QED) is 0.183. The zero-order valence-electron chi connectivity index (χ0n) is 34.1. The smallest absolute Gasteiger partial charge is 0.124 e. The van der Waals surface area contributed by atoms with E-state index in [4.69, 9.17) is 9.97 Å². The summed E-state index contributed by atoms with van der Waals surface area (Å²) in [7, 11) is 0. The van der Waals surface area contributed by atoms with E-state index < -0.39 is 0 Å². The van der Waals surface area contributed by atoms with E-state index in [1.807, 2.05) is 35.7 Å². The van der Waals surface area contributed by atoms with Gasteiger partial charge in [-0.15, -0.1) is 11.3 Å². The van der Waals surface area contributed by atoms with Gasteiger partial charge in [-0.1, -0.05) is 126 Å². The SMILES string of the molecule is Cc1cc2c(s1)c1cccc(-c3ccnc(-c4cccc(-c5cc(-c6cc(C(C)(C)C)cc(C(C)(C)C)c6)cc(-c6ccccc6O)n5)c4)c3)c1n2-c1ccccc1. The summed E-state index contributed by atoms with van der Waals surface area (Å²) >= 11 is 1.85. The van der Waals surface area contributed by atoms with Crippen LogP contribution < -0.4 is 0 Å². The van der Waals surface area contributed by atoms with Gasteiger partial charge in [0, 0.05) is 44.4 Å². The van der Waals surface area contributed by atoms with Gasteiger partial charge in [-0.25, -0.2) is 4.98 Å². The first-order chi connectivity index (χ1) is 27.8. The van der Waals surface area contributed by atoms with Crippen molar-refractivity contribution in [2.45, 2.75) is 59.3 Å². The number of benzene rings is 5. The Morgan fingerprint density at radius 1 is 0.534 bits per heavy atom. The summed E-state index contributed by atoms with van der Waals surface area (Å²) in [5, 5.41) is 12.3. The lowest BCUT2D eigenvalue weighted by Crippen LogP contribution is -2.16. The van der Waals surface area contributed by atoms with Gasteiger partial charge >= 0.3 is 0 Å². The number of para-hydroxylation sites is 3. The maximum atomic E-state index is 11.0. The lowest BCUT2D eigenvalue weighted by molar-refractivity contribution is 0.477. The number of nitrogens with zero attached hydrogens (tertiary/aromatic N) is 3. The molecule has 9 aromatic rings. The lowest BCUT2D eigenvalue weighted by Gasteiger charge is -2.26. The second-order valence-electron chi connectivity index (χ2n) is 17.4. The van der Waals surface area contributed by atoms with Crippen molar-refractivity contribution in [2.75, 3.05) is 0 Å². The Balaban J connectivity index is 1.18. The number of phenols is 1. The zero-order chi connectivity index (χ0) is 40.3. The zero-order valence-corrected chi connectivity index (χ0v) is 34.9. The molecule has 0 aliphatic carbocycles. The van der Waals surface area contributed by atoms with E-state index in [9.17, 15) is 5.11 Å². The molecule has 0 fully saturated rings. The number of rotatable bonds is 6. The predicted molar refractivity (Wildman–Crippen MR) is 245 cm³/mol. The molecular formula is C53H47N3OS. The normalized spacial score (nSPS) is 12.1. The van der Waals surface area contributed by atoms with Crippen LogP contribution in [0.25, 0.3) is 82.8 Å². The molecule has 0 radical (unpaired) electrons. The Bertz CT molecular complexity index is 2960. The fraction of sp³-hybridized carbons (Fsp3) is 0.170. The summed E-state index contributed by atoms with van der Waals surface area (Å²) in [5.41, 5.74) is 15.6. The lowest BCUT2D eigenvalue weighted by atomic mass is 9.79. The fourth-order valence-electron chi connectivity index (χ4n) is 7.95. The van der Waals surface area contributed by atoms with Crippen molar-refractivity contribution < 1.29 is 5.11 Å². The third-order valence-corrected chi connectivity index (χ3v) is 12.2. The summed E-state index contributed by atoms with van der Waals surface area (Å²) < 4.78 is 3.71. The molecule has 5 heteroatoms. The van der Waals surface area contributed by atoms with E-state index in [-0.39, 0.29) is 16.6 Å². The highest BCUT2D eigenvalue weighted by molar-refractivity contribution is 7.20. The molecule has 4 aromatic heterocycles. The van der Waals surface area contributed by atoms with Crippen LogP contribution in [-0.2, 0) is 10.8 Å². The van der Waals surface area contributed by atoms with Crippen LogP contribution in [0, 0.1) is 6.92 Å². The number of aryl methyl sites for hydroxylation is 1. The highest BCUT2D eigenvalue weighted by atomic mass is 32.1. The molecule has 0 aliphatic rings. The third kappa shape index (κ3) is 6.90. The predicted octanol–water partition coefficient (Wildman–Crippen LogP) is 14.6. The largest absolute Gasteiger partial charge is 0.507 e. The van der Waals surface area contributed by atoms with Crippen LogP contribution in [0.5, 0.6) is 5.75 Å². The van der Waals surface area contributed by atoms with Crippen LogP contribution >= 0.6 is 11.3 Å². The van der Waals surface area contributed by atoms with Gasteiger partial charge in [0.2, 0.25) is 0 Å². The van der Waals surface area contributed by atoms with Crippen LogP contribution in [-0.4, -0.2) is 19.6 Å². The van der Waals surface area contributed by atoms with Crippen LogP contribution in [0.4, 0.5) is 0 Å². The number of hydrogen-bond acceptors (Lipinski definition) is 4. The number of fused-ring (bicyclic) bond motifs is 3. The third-order valence-electron chi connectivity index (χ3n) is 11.1. The van der Waals surface area contributed by atoms with E-state index in [1.54, 1.807) is 6.07 Å². The van der Waals surface area contributed by atoms with Crippen LogP contribution in [0.1, 0.15) is 57.5 Å². The minimum absolute atomic E-state index is 0.0342.